The molecule has 0 radical (unpaired) electrons. The summed E-state index contributed by atoms with van der Waals surface area (Å²) in [7, 11) is 0. The Kier molecular flexibility index (Phi) is 4.82. The number of rotatable bonds is 4. The molecule has 0 saturated carbocycles. The van der Waals surface area contributed by atoms with E-state index in [0.29, 0.717) is 5.02 Å². The van der Waals surface area contributed by atoms with E-state index in [9.17, 15) is 4.79 Å². The van der Waals surface area contributed by atoms with Crippen LogP contribution >= 0.6 is 11.6 Å². The van der Waals surface area contributed by atoms with Gasteiger partial charge in [0.2, 0.25) is 5.91 Å². The number of anilines is 1. The van der Waals surface area contributed by atoms with Crippen LogP contribution in [-0.2, 0) is 4.79 Å². The fraction of sp³-hybridized carbons (Fsp3) is 0.462. The molecule has 1 aromatic rings. The molecule has 0 fully saturated rings. The van der Waals surface area contributed by atoms with Gasteiger partial charge in [-0.15, -0.1) is 0 Å². The molecule has 1 atom stereocenters. The van der Waals surface area contributed by atoms with Crippen molar-refractivity contribution < 1.29 is 4.79 Å². The van der Waals surface area contributed by atoms with Crippen molar-refractivity contribution in [3.8, 4) is 0 Å². The lowest BCUT2D eigenvalue weighted by Gasteiger charge is -2.18. The summed E-state index contributed by atoms with van der Waals surface area (Å²) in [5.74, 6) is -0.0145. The lowest BCUT2D eigenvalue weighted by Crippen LogP contribution is -2.41. The third-order valence-electron chi connectivity index (χ3n) is 2.46. The SMILES string of the molecule is Cc1c(Cl)cccc1N[C@H](C)C(=O)NC(C)C. The fourth-order valence-electron chi connectivity index (χ4n) is 1.47. The molecule has 1 amide bonds. The lowest BCUT2D eigenvalue weighted by molar-refractivity contribution is -0.122. The number of halogens is 1. The summed E-state index contributed by atoms with van der Waals surface area (Å²) in [6.07, 6.45) is 0. The molecule has 4 heteroatoms. The highest BCUT2D eigenvalue weighted by atomic mass is 35.5. The Balaban J connectivity index is 2.71. The maximum atomic E-state index is 11.7. The quantitative estimate of drug-likeness (QED) is 0.867. The van der Waals surface area contributed by atoms with Crippen LogP contribution in [0.1, 0.15) is 26.3 Å². The van der Waals surface area contributed by atoms with E-state index in [4.69, 9.17) is 11.6 Å². The van der Waals surface area contributed by atoms with Gasteiger partial charge in [-0.3, -0.25) is 4.79 Å². The van der Waals surface area contributed by atoms with Crippen molar-refractivity contribution in [1.29, 1.82) is 0 Å². The summed E-state index contributed by atoms with van der Waals surface area (Å²) < 4.78 is 0. The van der Waals surface area contributed by atoms with Gasteiger partial charge in [0.1, 0.15) is 6.04 Å². The van der Waals surface area contributed by atoms with Gasteiger partial charge in [0, 0.05) is 16.8 Å². The monoisotopic (exact) mass is 254 g/mol. The van der Waals surface area contributed by atoms with E-state index in [-0.39, 0.29) is 18.0 Å². The van der Waals surface area contributed by atoms with Gasteiger partial charge in [0.25, 0.3) is 0 Å². The van der Waals surface area contributed by atoms with E-state index < -0.39 is 0 Å². The second-order valence-corrected chi connectivity index (χ2v) is 4.85. The van der Waals surface area contributed by atoms with Crippen molar-refractivity contribution in [2.24, 2.45) is 0 Å². The Morgan fingerprint density at radius 3 is 2.53 bits per heavy atom. The molecular formula is C13H19ClN2O. The molecule has 0 aromatic heterocycles. The summed E-state index contributed by atoms with van der Waals surface area (Å²) in [5, 5.41) is 6.72. The summed E-state index contributed by atoms with van der Waals surface area (Å²) in [5.41, 5.74) is 1.85. The first-order valence-electron chi connectivity index (χ1n) is 5.74. The average molecular weight is 255 g/mol. The first-order chi connectivity index (χ1) is 7.91. The summed E-state index contributed by atoms with van der Waals surface area (Å²) in [4.78, 5) is 11.7. The van der Waals surface area contributed by atoms with Gasteiger partial charge in [0.05, 0.1) is 0 Å². The van der Waals surface area contributed by atoms with Crippen molar-refractivity contribution in [2.45, 2.75) is 39.8 Å². The first-order valence-corrected chi connectivity index (χ1v) is 6.11. The van der Waals surface area contributed by atoms with Gasteiger partial charge in [-0.05, 0) is 45.4 Å². The van der Waals surface area contributed by atoms with Crippen LogP contribution in [0.2, 0.25) is 5.02 Å². The van der Waals surface area contributed by atoms with Crippen LogP contribution in [0.4, 0.5) is 5.69 Å². The molecular weight excluding hydrogens is 236 g/mol. The van der Waals surface area contributed by atoms with Crippen LogP contribution in [0.3, 0.4) is 0 Å². The number of hydrogen-bond acceptors (Lipinski definition) is 2. The van der Waals surface area contributed by atoms with E-state index >= 15 is 0 Å². The predicted molar refractivity (Wildman–Crippen MR) is 72.6 cm³/mol. The molecule has 3 nitrogen and oxygen atoms in total. The molecule has 0 unspecified atom stereocenters. The highest BCUT2D eigenvalue weighted by Crippen LogP contribution is 2.23. The van der Waals surface area contributed by atoms with Crippen LogP contribution in [0.5, 0.6) is 0 Å². The van der Waals surface area contributed by atoms with E-state index in [1.807, 2.05) is 45.9 Å². The Morgan fingerprint density at radius 2 is 1.94 bits per heavy atom. The molecule has 2 N–H and O–H groups in total. The number of carbonyl (C=O) groups excluding carboxylic acids is 1. The van der Waals surface area contributed by atoms with Crippen LogP contribution < -0.4 is 10.6 Å². The zero-order valence-electron chi connectivity index (χ0n) is 10.7. The van der Waals surface area contributed by atoms with E-state index in [0.717, 1.165) is 11.3 Å². The van der Waals surface area contributed by atoms with Gasteiger partial charge >= 0.3 is 0 Å². The van der Waals surface area contributed by atoms with Gasteiger partial charge in [-0.25, -0.2) is 0 Å². The second-order valence-electron chi connectivity index (χ2n) is 4.44. The largest absolute Gasteiger partial charge is 0.374 e. The topological polar surface area (TPSA) is 41.1 Å². The third kappa shape index (κ3) is 3.93. The van der Waals surface area contributed by atoms with Crippen LogP contribution in [0.15, 0.2) is 18.2 Å². The lowest BCUT2D eigenvalue weighted by atomic mass is 10.1. The Morgan fingerprint density at radius 1 is 1.29 bits per heavy atom. The maximum absolute atomic E-state index is 11.7. The highest BCUT2D eigenvalue weighted by Gasteiger charge is 2.14. The Labute approximate surface area is 108 Å². The molecule has 1 aromatic carbocycles. The van der Waals surface area contributed by atoms with E-state index in [1.165, 1.54) is 0 Å². The van der Waals surface area contributed by atoms with Crippen molar-refractivity contribution >= 4 is 23.2 Å². The molecule has 0 aliphatic rings. The minimum absolute atomic E-state index is 0.0145. The molecule has 0 aliphatic carbocycles. The minimum Gasteiger partial charge on any atom is -0.374 e. The van der Waals surface area contributed by atoms with Gasteiger partial charge < -0.3 is 10.6 Å². The van der Waals surface area contributed by atoms with Crippen molar-refractivity contribution in [2.75, 3.05) is 5.32 Å². The third-order valence-corrected chi connectivity index (χ3v) is 2.87. The van der Waals surface area contributed by atoms with E-state index in [2.05, 4.69) is 10.6 Å². The molecule has 0 heterocycles. The summed E-state index contributed by atoms with van der Waals surface area (Å²) >= 11 is 6.02. The maximum Gasteiger partial charge on any atom is 0.242 e. The van der Waals surface area contributed by atoms with Crippen LogP contribution in [-0.4, -0.2) is 18.0 Å². The Hall–Kier alpha value is -1.22. The molecule has 1 rings (SSSR count). The minimum atomic E-state index is -0.283. The van der Waals surface area contributed by atoms with Crippen LogP contribution in [0, 0.1) is 6.92 Å². The molecule has 17 heavy (non-hydrogen) atoms. The van der Waals surface area contributed by atoms with E-state index in [1.54, 1.807) is 0 Å². The second kappa shape index (κ2) is 5.92. The van der Waals surface area contributed by atoms with Crippen LogP contribution in [0.25, 0.3) is 0 Å². The van der Waals surface area contributed by atoms with Gasteiger partial charge in [0.15, 0.2) is 0 Å². The van der Waals surface area contributed by atoms with Gasteiger partial charge in [-0.1, -0.05) is 17.7 Å². The summed E-state index contributed by atoms with van der Waals surface area (Å²) in [6.45, 7) is 7.64. The average Bonchev–Trinajstić information content (AvgIpc) is 2.23. The smallest absolute Gasteiger partial charge is 0.242 e. The van der Waals surface area contributed by atoms with Crippen molar-refractivity contribution in [3.05, 3.63) is 28.8 Å². The normalized spacial score (nSPS) is 12.4. The number of benzene rings is 1. The number of amides is 1. The van der Waals surface area contributed by atoms with Crippen molar-refractivity contribution in [1.82, 2.24) is 5.32 Å². The molecule has 94 valence electrons. The highest BCUT2D eigenvalue weighted by molar-refractivity contribution is 6.31. The number of carbonyl (C=O) groups is 1. The Bertz CT molecular complexity index is 404. The van der Waals surface area contributed by atoms with Gasteiger partial charge in [-0.2, -0.15) is 0 Å². The molecule has 0 spiro atoms. The predicted octanol–water partition coefficient (Wildman–Crippen LogP) is 2.97. The fourth-order valence-corrected chi connectivity index (χ4v) is 1.65. The molecule has 0 bridgehead atoms. The number of nitrogens with one attached hydrogen (secondary N) is 2. The number of hydrogen-bond donors (Lipinski definition) is 2. The molecule has 0 saturated heterocycles. The molecule has 0 aliphatic heterocycles. The van der Waals surface area contributed by atoms with Crippen molar-refractivity contribution in [3.63, 3.8) is 0 Å². The first kappa shape index (κ1) is 13.8. The standard InChI is InChI=1S/C13H19ClN2O/c1-8(2)15-13(17)10(4)16-12-7-5-6-11(14)9(12)3/h5-8,10,16H,1-4H3,(H,15,17)/t10-/m1/s1. The summed E-state index contributed by atoms with van der Waals surface area (Å²) in [6, 6.07) is 5.48. The zero-order valence-corrected chi connectivity index (χ0v) is 11.4. The zero-order chi connectivity index (χ0) is 13.0.